The number of carboxylic acid groups (broad SMARTS) is 1. The fourth-order valence-electron chi connectivity index (χ4n) is 3.91. The van der Waals surface area contributed by atoms with Gasteiger partial charge in [-0.25, -0.2) is 4.52 Å². The molecule has 0 aliphatic carbocycles. The summed E-state index contributed by atoms with van der Waals surface area (Å²) in [7, 11) is 3.09. The van der Waals surface area contributed by atoms with Gasteiger partial charge < -0.3 is 19.5 Å². The van der Waals surface area contributed by atoms with E-state index in [0.717, 1.165) is 11.1 Å². The van der Waals surface area contributed by atoms with Crippen molar-refractivity contribution >= 4 is 17.4 Å². The molecule has 0 fully saturated rings. The third-order valence-electron chi connectivity index (χ3n) is 5.29. The molecule has 4 rings (SSSR count). The van der Waals surface area contributed by atoms with Crippen LogP contribution in [0.15, 0.2) is 42.7 Å². The highest BCUT2D eigenvalue weighted by molar-refractivity contribution is 6.01. The molecule has 1 aliphatic rings. The van der Waals surface area contributed by atoms with Crippen LogP contribution in [0.3, 0.4) is 0 Å². The fourth-order valence-corrected chi connectivity index (χ4v) is 3.91. The molecule has 3 aromatic rings. The number of fused-ring (bicyclic) bond motifs is 2. The zero-order chi connectivity index (χ0) is 20.5. The second-order valence-electron chi connectivity index (χ2n) is 6.86. The maximum absolute atomic E-state index is 13.4. The highest BCUT2D eigenvalue weighted by atomic mass is 16.5. The molecule has 8 heteroatoms. The van der Waals surface area contributed by atoms with Crippen LogP contribution in [0.1, 0.15) is 33.9 Å². The van der Waals surface area contributed by atoms with E-state index in [1.54, 1.807) is 28.8 Å². The Kier molecular flexibility index (Phi) is 4.84. The van der Waals surface area contributed by atoms with E-state index in [1.165, 1.54) is 13.3 Å². The van der Waals surface area contributed by atoms with Crippen LogP contribution in [-0.4, -0.2) is 52.3 Å². The Hall–Kier alpha value is -3.55. The lowest BCUT2D eigenvalue weighted by atomic mass is 9.89. The SMILES string of the molecule is COc1cc2c(cc1OC)C(CC(=O)O)N(C(=O)c1cnn3ccccc13)CC2. The predicted octanol–water partition coefficient (Wildman–Crippen LogP) is 2.57. The van der Waals surface area contributed by atoms with Gasteiger partial charge in [-0.1, -0.05) is 6.07 Å². The average Bonchev–Trinajstić information content (AvgIpc) is 3.16. The summed E-state index contributed by atoms with van der Waals surface area (Å²) < 4.78 is 12.4. The van der Waals surface area contributed by atoms with Crippen LogP contribution >= 0.6 is 0 Å². The van der Waals surface area contributed by atoms with Crippen LogP contribution in [0.2, 0.25) is 0 Å². The highest BCUT2D eigenvalue weighted by Gasteiger charge is 2.35. The average molecular weight is 395 g/mol. The molecule has 8 nitrogen and oxygen atoms in total. The molecule has 0 radical (unpaired) electrons. The molecule has 150 valence electrons. The molecule has 1 aromatic carbocycles. The van der Waals surface area contributed by atoms with Crippen LogP contribution < -0.4 is 9.47 Å². The lowest BCUT2D eigenvalue weighted by Gasteiger charge is -2.37. The molecule has 1 unspecified atom stereocenters. The first-order valence-electron chi connectivity index (χ1n) is 9.23. The quantitative estimate of drug-likeness (QED) is 0.714. The maximum Gasteiger partial charge on any atom is 0.305 e. The largest absolute Gasteiger partial charge is 0.493 e. The molecule has 0 saturated heterocycles. The van der Waals surface area contributed by atoms with Crippen molar-refractivity contribution in [1.29, 1.82) is 0 Å². The van der Waals surface area contributed by atoms with Crippen molar-refractivity contribution in [3.05, 3.63) is 59.4 Å². The maximum atomic E-state index is 13.4. The second kappa shape index (κ2) is 7.46. The van der Waals surface area contributed by atoms with Gasteiger partial charge in [0.05, 0.1) is 44.0 Å². The summed E-state index contributed by atoms with van der Waals surface area (Å²) in [6.07, 6.45) is 3.69. The number of methoxy groups -OCH3 is 2. The summed E-state index contributed by atoms with van der Waals surface area (Å²) in [5.74, 6) is -0.122. The van der Waals surface area contributed by atoms with E-state index >= 15 is 0 Å². The van der Waals surface area contributed by atoms with Crippen LogP contribution in [0.25, 0.3) is 5.52 Å². The standard InChI is InChI=1S/C21H21N3O5/c1-28-18-9-13-6-8-23(17(11-20(25)26)14(13)10-19(18)29-2)21(27)15-12-22-24-7-4-3-5-16(15)24/h3-5,7,9-10,12,17H,6,8,11H2,1-2H3,(H,25,26). The Morgan fingerprint density at radius 3 is 2.69 bits per heavy atom. The Labute approximate surface area is 167 Å². The third-order valence-corrected chi connectivity index (χ3v) is 5.29. The van der Waals surface area contributed by atoms with Gasteiger partial charge in [-0.2, -0.15) is 5.10 Å². The highest BCUT2D eigenvalue weighted by Crippen LogP contribution is 2.40. The van der Waals surface area contributed by atoms with Crippen molar-refractivity contribution in [2.24, 2.45) is 0 Å². The molecule has 3 heterocycles. The number of amides is 1. The number of carbonyl (C=O) groups excluding carboxylic acids is 1. The third kappa shape index (κ3) is 3.26. The van der Waals surface area contributed by atoms with Gasteiger partial charge in [0.1, 0.15) is 0 Å². The molecule has 2 aromatic heterocycles. The number of ether oxygens (including phenoxy) is 2. The van der Waals surface area contributed by atoms with E-state index in [2.05, 4.69) is 5.10 Å². The van der Waals surface area contributed by atoms with Crippen molar-refractivity contribution in [1.82, 2.24) is 14.5 Å². The normalized spacial score (nSPS) is 15.8. The number of rotatable bonds is 5. The number of carboxylic acids is 1. The first-order valence-corrected chi connectivity index (χ1v) is 9.23. The minimum Gasteiger partial charge on any atom is -0.493 e. The Balaban J connectivity index is 1.78. The number of hydrogen-bond acceptors (Lipinski definition) is 5. The van der Waals surface area contributed by atoms with Crippen molar-refractivity contribution in [3.63, 3.8) is 0 Å². The molecule has 1 atom stereocenters. The molecule has 29 heavy (non-hydrogen) atoms. The molecule has 1 N–H and O–H groups in total. The molecular weight excluding hydrogens is 374 g/mol. The minimum atomic E-state index is -0.977. The first-order chi connectivity index (χ1) is 14.0. The van der Waals surface area contributed by atoms with E-state index in [-0.39, 0.29) is 12.3 Å². The zero-order valence-corrected chi connectivity index (χ0v) is 16.2. The van der Waals surface area contributed by atoms with Crippen molar-refractivity contribution in [3.8, 4) is 11.5 Å². The summed E-state index contributed by atoms with van der Waals surface area (Å²) in [6, 6.07) is 8.52. The smallest absolute Gasteiger partial charge is 0.305 e. The summed E-state index contributed by atoms with van der Waals surface area (Å²) in [5.41, 5.74) is 2.86. The molecule has 0 saturated carbocycles. The van der Waals surface area contributed by atoms with Gasteiger partial charge in [0.2, 0.25) is 0 Å². The van der Waals surface area contributed by atoms with E-state index < -0.39 is 12.0 Å². The Bertz CT molecular complexity index is 1090. The van der Waals surface area contributed by atoms with Gasteiger partial charge >= 0.3 is 5.97 Å². The fraction of sp³-hybridized carbons (Fsp3) is 0.286. The van der Waals surface area contributed by atoms with Crippen molar-refractivity contribution in [2.45, 2.75) is 18.9 Å². The molecule has 0 spiro atoms. The van der Waals surface area contributed by atoms with Gasteiger partial charge in [0, 0.05) is 12.7 Å². The summed E-state index contributed by atoms with van der Waals surface area (Å²) in [4.78, 5) is 26.6. The number of aliphatic carboxylic acids is 1. The number of nitrogens with zero attached hydrogens (tertiary/aromatic N) is 3. The molecular formula is C21H21N3O5. The lowest BCUT2D eigenvalue weighted by molar-refractivity contribution is -0.138. The molecule has 0 bridgehead atoms. The van der Waals surface area contributed by atoms with Gasteiger partial charge in [-0.05, 0) is 41.8 Å². The number of benzene rings is 1. The van der Waals surface area contributed by atoms with E-state index in [1.807, 2.05) is 24.3 Å². The van der Waals surface area contributed by atoms with Crippen LogP contribution in [0, 0.1) is 0 Å². The van der Waals surface area contributed by atoms with Crippen molar-refractivity contribution in [2.75, 3.05) is 20.8 Å². The Morgan fingerprint density at radius 2 is 1.97 bits per heavy atom. The van der Waals surface area contributed by atoms with Gasteiger partial charge in [0.15, 0.2) is 11.5 Å². The van der Waals surface area contributed by atoms with Crippen LogP contribution in [-0.2, 0) is 11.2 Å². The summed E-state index contributed by atoms with van der Waals surface area (Å²) >= 11 is 0. The van der Waals surface area contributed by atoms with Gasteiger partial charge in [0.25, 0.3) is 5.91 Å². The van der Waals surface area contributed by atoms with Crippen LogP contribution in [0.4, 0.5) is 0 Å². The van der Waals surface area contributed by atoms with E-state index in [0.29, 0.717) is 35.5 Å². The monoisotopic (exact) mass is 395 g/mol. The second-order valence-corrected chi connectivity index (χ2v) is 6.86. The number of pyridine rings is 1. The number of aromatic nitrogens is 2. The lowest BCUT2D eigenvalue weighted by Crippen LogP contribution is -2.41. The van der Waals surface area contributed by atoms with E-state index in [4.69, 9.17) is 9.47 Å². The predicted molar refractivity (Wildman–Crippen MR) is 104 cm³/mol. The molecule has 1 amide bonds. The topological polar surface area (TPSA) is 93.4 Å². The number of hydrogen-bond donors (Lipinski definition) is 1. The first kappa shape index (κ1) is 18.8. The summed E-state index contributed by atoms with van der Waals surface area (Å²) in [6.45, 7) is 0.406. The Morgan fingerprint density at radius 1 is 1.21 bits per heavy atom. The summed E-state index contributed by atoms with van der Waals surface area (Å²) in [5, 5.41) is 13.7. The van der Waals surface area contributed by atoms with E-state index in [9.17, 15) is 14.7 Å². The van der Waals surface area contributed by atoms with Gasteiger partial charge in [-0.15, -0.1) is 0 Å². The molecule has 1 aliphatic heterocycles. The zero-order valence-electron chi connectivity index (χ0n) is 16.2. The van der Waals surface area contributed by atoms with Gasteiger partial charge in [-0.3, -0.25) is 9.59 Å². The van der Waals surface area contributed by atoms with Crippen molar-refractivity contribution < 1.29 is 24.2 Å². The minimum absolute atomic E-state index is 0.201. The van der Waals surface area contributed by atoms with Crippen LogP contribution in [0.5, 0.6) is 11.5 Å². The number of carbonyl (C=O) groups is 2.